The fourth-order valence-corrected chi connectivity index (χ4v) is 4.38. The molecule has 0 bridgehead atoms. The normalized spacial score (nSPS) is 13.2. The summed E-state index contributed by atoms with van der Waals surface area (Å²) in [4.78, 5) is 37.8. The smallest absolute Gasteiger partial charge is 0.337 e. The number of nitro benzene ring substituents is 1. The molecule has 1 amide bonds. The van der Waals surface area contributed by atoms with Gasteiger partial charge in [-0.3, -0.25) is 14.9 Å². The first kappa shape index (κ1) is 24.9. The molecular weight excluding hydrogens is 458 g/mol. The molecule has 1 fully saturated rings. The number of carbonyl (C=O) groups excluding carboxylic acids is 2. The third-order valence-corrected chi connectivity index (χ3v) is 6.43. The number of nitro groups is 1. The standard InChI is InChI=1S/C28H29N3O5/c1-36-28(33)22-11-7-20(8-12-22)5-6-21-9-13-23(14-10-21)29-27(32)25-19-24(15-16-26(25)31(34)35)30-17-3-2-4-18-30/h7-16,19H,2-6,17-18H2,1H3,(H,29,32). The van der Waals surface area contributed by atoms with Crippen molar-refractivity contribution in [3.63, 3.8) is 0 Å². The molecule has 36 heavy (non-hydrogen) atoms. The highest BCUT2D eigenvalue weighted by Crippen LogP contribution is 2.28. The fourth-order valence-electron chi connectivity index (χ4n) is 4.38. The highest BCUT2D eigenvalue weighted by Gasteiger charge is 2.23. The molecule has 8 heteroatoms. The molecule has 0 aliphatic carbocycles. The van der Waals surface area contributed by atoms with Crippen LogP contribution in [-0.4, -0.2) is 37.0 Å². The van der Waals surface area contributed by atoms with E-state index in [1.807, 2.05) is 24.3 Å². The van der Waals surface area contributed by atoms with Gasteiger partial charge < -0.3 is 15.0 Å². The van der Waals surface area contributed by atoms with E-state index in [1.54, 1.807) is 36.4 Å². The van der Waals surface area contributed by atoms with E-state index >= 15 is 0 Å². The van der Waals surface area contributed by atoms with Gasteiger partial charge in [0, 0.05) is 30.5 Å². The average Bonchev–Trinajstić information content (AvgIpc) is 2.92. The Morgan fingerprint density at radius 1 is 0.917 bits per heavy atom. The molecule has 4 rings (SSSR count). The predicted molar refractivity (Wildman–Crippen MR) is 139 cm³/mol. The number of nitrogens with zero attached hydrogens (tertiary/aromatic N) is 2. The molecule has 186 valence electrons. The van der Waals surface area contributed by atoms with E-state index in [2.05, 4.69) is 10.2 Å². The van der Waals surface area contributed by atoms with Gasteiger partial charge in [0.2, 0.25) is 0 Å². The summed E-state index contributed by atoms with van der Waals surface area (Å²) in [5.41, 5.74) is 3.96. The van der Waals surface area contributed by atoms with Crippen molar-refractivity contribution in [2.24, 2.45) is 0 Å². The Morgan fingerprint density at radius 2 is 1.53 bits per heavy atom. The van der Waals surface area contributed by atoms with Gasteiger partial charge in [0.1, 0.15) is 5.56 Å². The lowest BCUT2D eigenvalue weighted by molar-refractivity contribution is -0.385. The van der Waals surface area contributed by atoms with Gasteiger partial charge in [-0.15, -0.1) is 0 Å². The zero-order chi connectivity index (χ0) is 25.5. The average molecular weight is 488 g/mol. The molecule has 1 aliphatic rings. The van der Waals surface area contributed by atoms with E-state index in [-0.39, 0.29) is 17.2 Å². The molecule has 3 aromatic carbocycles. The van der Waals surface area contributed by atoms with Gasteiger partial charge >= 0.3 is 5.97 Å². The Hall–Kier alpha value is -4.20. The Labute approximate surface area is 210 Å². The Balaban J connectivity index is 1.40. The maximum absolute atomic E-state index is 13.0. The minimum atomic E-state index is -0.518. The molecule has 0 radical (unpaired) electrons. The Kier molecular flexibility index (Phi) is 7.95. The number of hydrogen-bond donors (Lipinski definition) is 1. The number of amides is 1. The van der Waals surface area contributed by atoms with Crippen LogP contribution in [0.5, 0.6) is 0 Å². The SMILES string of the molecule is COC(=O)c1ccc(CCc2ccc(NC(=O)c3cc(N4CCCCC4)ccc3[N+](=O)[O-])cc2)cc1. The second-order valence-electron chi connectivity index (χ2n) is 8.85. The molecule has 1 heterocycles. The third kappa shape index (κ3) is 6.07. The quantitative estimate of drug-likeness (QED) is 0.259. The van der Waals surface area contributed by atoms with Crippen LogP contribution < -0.4 is 10.2 Å². The summed E-state index contributed by atoms with van der Waals surface area (Å²) in [6.07, 6.45) is 4.90. The number of aryl methyl sites for hydroxylation is 2. The van der Waals surface area contributed by atoms with Crippen LogP contribution in [0.15, 0.2) is 66.7 Å². The van der Waals surface area contributed by atoms with Gasteiger partial charge in [0.15, 0.2) is 0 Å². The van der Waals surface area contributed by atoms with Crippen LogP contribution in [0.25, 0.3) is 0 Å². The maximum atomic E-state index is 13.0. The second-order valence-corrected chi connectivity index (χ2v) is 8.85. The fraction of sp³-hybridized carbons (Fsp3) is 0.286. The molecule has 3 aromatic rings. The number of ether oxygens (including phenoxy) is 1. The van der Waals surface area contributed by atoms with E-state index in [1.165, 1.54) is 19.6 Å². The summed E-state index contributed by atoms with van der Waals surface area (Å²) >= 11 is 0. The van der Waals surface area contributed by atoms with E-state index in [0.717, 1.165) is 55.6 Å². The summed E-state index contributed by atoms with van der Waals surface area (Å²) in [5.74, 6) is -0.859. The van der Waals surface area contributed by atoms with E-state index in [9.17, 15) is 19.7 Å². The highest BCUT2D eigenvalue weighted by atomic mass is 16.6. The van der Waals surface area contributed by atoms with Crippen LogP contribution in [0.4, 0.5) is 17.1 Å². The summed E-state index contributed by atoms with van der Waals surface area (Å²) in [6, 6.07) is 19.5. The molecule has 0 aromatic heterocycles. The van der Waals surface area contributed by atoms with Gasteiger partial charge in [-0.25, -0.2) is 4.79 Å². The maximum Gasteiger partial charge on any atom is 0.337 e. The van der Waals surface area contributed by atoms with Crippen LogP contribution in [0.3, 0.4) is 0 Å². The van der Waals surface area contributed by atoms with Crippen molar-refractivity contribution >= 4 is 28.9 Å². The molecular formula is C28H29N3O5. The van der Waals surface area contributed by atoms with Gasteiger partial charge in [-0.2, -0.15) is 0 Å². The number of carbonyl (C=O) groups is 2. The third-order valence-electron chi connectivity index (χ3n) is 6.43. The number of hydrogen-bond acceptors (Lipinski definition) is 6. The van der Waals surface area contributed by atoms with Crippen LogP contribution in [0.1, 0.15) is 51.1 Å². The summed E-state index contributed by atoms with van der Waals surface area (Å²) in [5, 5.41) is 14.4. The zero-order valence-electron chi connectivity index (χ0n) is 20.2. The highest BCUT2D eigenvalue weighted by molar-refractivity contribution is 6.07. The van der Waals surface area contributed by atoms with Gasteiger partial charge in [0.25, 0.3) is 11.6 Å². The molecule has 1 aliphatic heterocycles. The number of piperidine rings is 1. The number of rotatable bonds is 8. The lowest BCUT2D eigenvalue weighted by Crippen LogP contribution is -2.29. The van der Waals surface area contributed by atoms with Gasteiger partial charge in [-0.05, 0) is 79.6 Å². The van der Waals surface area contributed by atoms with E-state index in [4.69, 9.17) is 4.74 Å². The summed E-state index contributed by atoms with van der Waals surface area (Å²) in [7, 11) is 1.36. The monoisotopic (exact) mass is 487 g/mol. The second kappa shape index (κ2) is 11.5. The van der Waals surface area contributed by atoms with Crippen LogP contribution in [0.2, 0.25) is 0 Å². The Bertz CT molecular complexity index is 1230. The summed E-state index contributed by atoms with van der Waals surface area (Å²) in [6.45, 7) is 1.77. The first-order valence-corrected chi connectivity index (χ1v) is 12.1. The molecule has 0 saturated carbocycles. The largest absolute Gasteiger partial charge is 0.465 e. The molecule has 0 unspecified atom stereocenters. The molecule has 1 N–H and O–H groups in total. The van der Waals surface area contributed by atoms with E-state index in [0.29, 0.717) is 11.3 Å². The van der Waals surface area contributed by atoms with Crippen LogP contribution in [0, 0.1) is 10.1 Å². The van der Waals surface area contributed by atoms with Crippen molar-refractivity contribution in [3.05, 3.63) is 99.1 Å². The lowest BCUT2D eigenvalue weighted by atomic mass is 10.0. The minimum Gasteiger partial charge on any atom is -0.465 e. The van der Waals surface area contributed by atoms with Crippen LogP contribution in [-0.2, 0) is 17.6 Å². The number of benzene rings is 3. The van der Waals surface area contributed by atoms with Gasteiger partial charge in [-0.1, -0.05) is 24.3 Å². The lowest BCUT2D eigenvalue weighted by Gasteiger charge is -2.29. The van der Waals surface area contributed by atoms with Gasteiger partial charge in [0.05, 0.1) is 17.6 Å². The van der Waals surface area contributed by atoms with Crippen molar-refractivity contribution in [3.8, 4) is 0 Å². The predicted octanol–water partition coefficient (Wildman–Crippen LogP) is 5.41. The number of esters is 1. The minimum absolute atomic E-state index is 0.0579. The Morgan fingerprint density at radius 3 is 2.11 bits per heavy atom. The number of anilines is 2. The van der Waals surface area contributed by atoms with Crippen molar-refractivity contribution in [1.82, 2.24) is 0 Å². The molecule has 1 saturated heterocycles. The van der Waals surface area contributed by atoms with Crippen molar-refractivity contribution in [2.75, 3.05) is 30.4 Å². The van der Waals surface area contributed by atoms with Crippen molar-refractivity contribution in [2.45, 2.75) is 32.1 Å². The topological polar surface area (TPSA) is 102 Å². The number of methoxy groups -OCH3 is 1. The van der Waals surface area contributed by atoms with Crippen LogP contribution >= 0.6 is 0 Å². The molecule has 8 nitrogen and oxygen atoms in total. The molecule has 0 spiro atoms. The van der Waals surface area contributed by atoms with Crippen molar-refractivity contribution in [1.29, 1.82) is 0 Å². The number of nitrogens with one attached hydrogen (secondary N) is 1. The first-order chi connectivity index (χ1) is 17.4. The van der Waals surface area contributed by atoms with Crippen molar-refractivity contribution < 1.29 is 19.2 Å². The summed E-state index contributed by atoms with van der Waals surface area (Å²) < 4.78 is 4.72. The first-order valence-electron chi connectivity index (χ1n) is 12.1. The molecule has 0 atom stereocenters. The van der Waals surface area contributed by atoms with E-state index < -0.39 is 10.8 Å². The zero-order valence-corrected chi connectivity index (χ0v) is 20.2.